The number of aryl methyl sites for hydroxylation is 1. The number of amides is 1. The molecule has 2 aromatic rings. The number of benzene rings is 2. The fourth-order valence-corrected chi connectivity index (χ4v) is 3.42. The van der Waals surface area contributed by atoms with Crippen molar-refractivity contribution in [1.29, 1.82) is 0 Å². The molecule has 7 heteroatoms. The average molecular weight is 362 g/mol. The lowest BCUT2D eigenvalue weighted by Crippen LogP contribution is -2.35. The molecule has 0 unspecified atom stereocenters. The number of nitrogens with one attached hydrogen (secondary N) is 2. The quantitative estimate of drug-likeness (QED) is 0.793. The minimum Gasteiger partial charge on any atom is -0.383 e. The summed E-state index contributed by atoms with van der Waals surface area (Å²) in [4.78, 5) is 12.4. The molecule has 0 spiro atoms. The third kappa shape index (κ3) is 5.04. The van der Waals surface area contributed by atoms with Crippen LogP contribution in [0.2, 0.25) is 0 Å². The highest BCUT2D eigenvalue weighted by Crippen LogP contribution is 2.21. The molecule has 0 saturated carbocycles. The minimum absolute atomic E-state index is 0.150. The lowest BCUT2D eigenvalue weighted by molar-refractivity contribution is 0.0905. The van der Waals surface area contributed by atoms with Crippen molar-refractivity contribution in [2.45, 2.75) is 24.8 Å². The van der Waals surface area contributed by atoms with Gasteiger partial charge < -0.3 is 10.1 Å². The van der Waals surface area contributed by atoms with Crippen molar-refractivity contribution in [3.05, 3.63) is 59.7 Å². The number of hydrogen-bond donors (Lipinski definition) is 2. The normalized spacial score (nSPS) is 12.4. The lowest BCUT2D eigenvalue weighted by atomic mass is 10.1. The third-order valence-electron chi connectivity index (χ3n) is 3.59. The van der Waals surface area contributed by atoms with Gasteiger partial charge in [-0.15, -0.1) is 0 Å². The summed E-state index contributed by atoms with van der Waals surface area (Å²) in [5.74, 6) is -0.287. The first-order valence-corrected chi connectivity index (χ1v) is 9.30. The highest BCUT2D eigenvalue weighted by Gasteiger charge is 2.17. The van der Waals surface area contributed by atoms with E-state index in [-0.39, 0.29) is 16.8 Å². The first kappa shape index (κ1) is 19.0. The fraction of sp³-hybridized carbons (Fsp3) is 0.278. The lowest BCUT2D eigenvalue weighted by Gasteiger charge is -2.15. The number of carbonyl (C=O) groups is 1. The Hall–Kier alpha value is -2.38. The summed E-state index contributed by atoms with van der Waals surface area (Å²) in [6.07, 6.45) is 0. The van der Waals surface area contributed by atoms with E-state index in [4.69, 9.17) is 4.74 Å². The molecule has 0 aliphatic carbocycles. The SMILES string of the molecule is COC[C@H](C)NC(=O)c1ccc(C)c(NS(=O)(=O)c2ccccc2)c1. The maximum Gasteiger partial charge on any atom is 0.261 e. The van der Waals surface area contributed by atoms with Crippen molar-refractivity contribution < 1.29 is 17.9 Å². The molecule has 2 aromatic carbocycles. The molecule has 134 valence electrons. The summed E-state index contributed by atoms with van der Waals surface area (Å²) in [5.41, 5.74) is 1.47. The van der Waals surface area contributed by atoms with Crippen LogP contribution in [-0.4, -0.2) is 34.1 Å². The van der Waals surface area contributed by atoms with E-state index in [1.165, 1.54) is 18.2 Å². The van der Waals surface area contributed by atoms with Gasteiger partial charge in [0.1, 0.15) is 0 Å². The van der Waals surface area contributed by atoms with Crippen LogP contribution in [0.3, 0.4) is 0 Å². The van der Waals surface area contributed by atoms with E-state index >= 15 is 0 Å². The summed E-state index contributed by atoms with van der Waals surface area (Å²) in [5, 5.41) is 2.80. The second-order valence-corrected chi connectivity index (χ2v) is 7.46. The minimum atomic E-state index is -3.71. The fourth-order valence-electron chi connectivity index (χ4n) is 2.28. The van der Waals surface area contributed by atoms with Crippen LogP contribution in [0, 0.1) is 6.92 Å². The molecule has 2 rings (SSSR count). The van der Waals surface area contributed by atoms with Crippen LogP contribution in [0.25, 0.3) is 0 Å². The van der Waals surface area contributed by atoms with Crippen LogP contribution in [-0.2, 0) is 14.8 Å². The van der Waals surface area contributed by atoms with Crippen molar-refractivity contribution in [3.63, 3.8) is 0 Å². The number of carbonyl (C=O) groups excluding carboxylic acids is 1. The Morgan fingerprint density at radius 2 is 1.84 bits per heavy atom. The molecule has 0 aliphatic heterocycles. The first-order valence-electron chi connectivity index (χ1n) is 7.82. The first-order chi connectivity index (χ1) is 11.8. The number of hydrogen-bond acceptors (Lipinski definition) is 4. The molecule has 0 heterocycles. The molecule has 25 heavy (non-hydrogen) atoms. The second kappa shape index (κ2) is 8.13. The average Bonchev–Trinajstić information content (AvgIpc) is 2.57. The van der Waals surface area contributed by atoms with E-state index in [1.54, 1.807) is 44.4 Å². The zero-order chi connectivity index (χ0) is 18.4. The van der Waals surface area contributed by atoms with Crippen molar-refractivity contribution in [3.8, 4) is 0 Å². The van der Waals surface area contributed by atoms with Gasteiger partial charge in [0, 0.05) is 18.7 Å². The Kier molecular flexibility index (Phi) is 6.17. The Balaban J connectivity index is 2.23. The molecule has 1 amide bonds. The zero-order valence-corrected chi connectivity index (χ0v) is 15.3. The van der Waals surface area contributed by atoms with E-state index in [9.17, 15) is 13.2 Å². The molecule has 0 radical (unpaired) electrons. The number of ether oxygens (including phenoxy) is 1. The number of anilines is 1. The summed E-state index contributed by atoms with van der Waals surface area (Å²) >= 11 is 0. The topological polar surface area (TPSA) is 84.5 Å². The van der Waals surface area contributed by atoms with Gasteiger partial charge in [0.05, 0.1) is 17.2 Å². The van der Waals surface area contributed by atoms with E-state index in [0.29, 0.717) is 17.9 Å². The van der Waals surface area contributed by atoms with Gasteiger partial charge in [-0.05, 0) is 43.7 Å². The van der Waals surface area contributed by atoms with Gasteiger partial charge in [-0.1, -0.05) is 24.3 Å². The van der Waals surface area contributed by atoms with Gasteiger partial charge in [-0.2, -0.15) is 0 Å². The molecule has 0 fully saturated rings. The Bertz CT molecular complexity index is 835. The summed E-state index contributed by atoms with van der Waals surface area (Å²) in [6.45, 7) is 4.00. The summed E-state index contributed by atoms with van der Waals surface area (Å²) in [7, 11) is -2.15. The molecule has 1 atom stereocenters. The molecule has 0 aliphatic rings. The second-order valence-electron chi connectivity index (χ2n) is 5.78. The molecule has 6 nitrogen and oxygen atoms in total. The van der Waals surface area contributed by atoms with Gasteiger partial charge in [-0.3, -0.25) is 9.52 Å². The maximum atomic E-state index is 12.5. The third-order valence-corrected chi connectivity index (χ3v) is 4.97. The smallest absolute Gasteiger partial charge is 0.261 e. The summed E-state index contributed by atoms with van der Waals surface area (Å²) in [6, 6.07) is 12.8. The van der Waals surface area contributed by atoms with Crippen molar-refractivity contribution in [1.82, 2.24) is 5.32 Å². The predicted octanol–water partition coefficient (Wildman–Crippen LogP) is 2.56. The van der Waals surface area contributed by atoms with Gasteiger partial charge in [-0.25, -0.2) is 8.42 Å². The molecular formula is C18H22N2O4S. The van der Waals surface area contributed by atoms with E-state index in [0.717, 1.165) is 5.56 Å². The van der Waals surface area contributed by atoms with Crippen molar-refractivity contribution in [2.75, 3.05) is 18.4 Å². The monoisotopic (exact) mass is 362 g/mol. The van der Waals surface area contributed by atoms with Crippen LogP contribution in [0.4, 0.5) is 5.69 Å². The highest BCUT2D eigenvalue weighted by molar-refractivity contribution is 7.92. The highest BCUT2D eigenvalue weighted by atomic mass is 32.2. The van der Waals surface area contributed by atoms with Gasteiger partial charge in [0.2, 0.25) is 0 Å². The van der Waals surface area contributed by atoms with Crippen LogP contribution in [0.1, 0.15) is 22.8 Å². The van der Waals surface area contributed by atoms with Crippen LogP contribution < -0.4 is 10.0 Å². The van der Waals surface area contributed by atoms with E-state index in [2.05, 4.69) is 10.0 Å². The van der Waals surface area contributed by atoms with Crippen LogP contribution >= 0.6 is 0 Å². The Morgan fingerprint density at radius 1 is 1.16 bits per heavy atom. The van der Waals surface area contributed by atoms with Crippen molar-refractivity contribution >= 4 is 21.6 Å². The summed E-state index contributed by atoms with van der Waals surface area (Å²) < 4.78 is 32.5. The van der Waals surface area contributed by atoms with Gasteiger partial charge in [0.25, 0.3) is 15.9 Å². The van der Waals surface area contributed by atoms with Gasteiger partial charge in [0.15, 0.2) is 0 Å². The van der Waals surface area contributed by atoms with Gasteiger partial charge >= 0.3 is 0 Å². The predicted molar refractivity (Wildman–Crippen MR) is 97.2 cm³/mol. The zero-order valence-electron chi connectivity index (χ0n) is 14.4. The van der Waals surface area contributed by atoms with E-state index in [1.807, 2.05) is 6.92 Å². The Labute approximate surface area is 148 Å². The van der Waals surface area contributed by atoms with Crippen LogP contribution in [0.15, 0.2) is 53.4 Å². The van der Waals surface area contributed by atoms with Crippen LogP contribution in [0.5, 0.6) is 0 Å². The van der Waals surface area contributed by atoms with Crippen molar-refractivity contribution in [2.24, 2.45) is 0 Å². The molecule has 0 saturated heterocycles. The number of rotatable bonds is 7. The standard InChI is InChI=1S/C18H22N2O4S/c1-13-9-10-15(18(21)19-14(2)12-24-3)11-17(13)20-25(22,23)16-7-5-4-6-8-16/h4-11,14,20H,12H2,1-3H3,(H,19,21)/t14-/m0/s1. The number of methoxy groups -OCH3 is 1. The largest absolute Gasteiger partial charge is 0.383 e. The van der Waals surface area contributed by atoms with E-state index < -0.39 is 10.0 Å². The maximum absolute atomic E-state index is 12.5. The Morgan fingerprint density at radius 3 is 2.48 bits per heavy atom. The molecule has 0 aromatic heterocycles. The molecule has 0 bridgehead atoms. The molecule has 2 N–H and O–H groups in total. The molecular weight excluding hydrogens is 340 g/mol. The number of sulfonamides is 1.